The van der Waals surface area contributed by atoms with E-state index in [1.54, 1.807) is 0 Å². The SMILES string of the molecule is CC(Br)CC1CC(C)(C)OC(C)(C)C1. The van der Waals surface area contributed by atoms with Crippen molar-refractivity contribution in [1.29, 1.82) is 0 Å². The minimum atomic E-state index is 0.0499. The van der Waals surface area contributed by atoms with Crippen LogP contribution in [-0.4, -0.2) is 16.0 Å². The third kappa shape index (κ3) is 3.90. The van der Waals surface area contributed by atoms with Crippen molar-refractivity contribution in [3.05, 3.63) is 0 Å². The van der Waals surface area contributed by atoms with Gasteiger partial charge in [-0.25, -0.2) is 0 Å². The van der Waals surface area contributed by atoms with Crippen LogP contribution >= 0.6 is 15.9 Å². The molecule has 0 aromatic carbocycles. The number of halogens is 1. The Morgan fingerprint density at radius 2 is 1.64 bits per heavy atom. The van der Waals surface area contributed by atoms with Crippen molar-refractivity contribution in [3.8, 4) is 0 Å². The van der Waals surface area contributed by atoms with Crippen LogP contribution in [0.25, 0.3) is 0 Å². The van der Waals surface area contributed by atoms with Gasteiger partial charge in [-0.1, -0.05) is 22.9 Å². The Morgan fingerprint density at radius 3 is 2.00 bits per heavy atom. The lowest BCUT2D eigenvalue weighted by Crippen LogP contribution is -2.45. The first-order chi connectivity index (χ1) is 6.20. The van der Waals surface area contributed by atoms with Gasteiger partial charge in [0.25, 0.3) is 0 Å². The maximum Gasteiger partial charge on any atom is 0.0636 e. The van der Waals surface area contributed by atoms with Gasteiger partial charge in [-0.3, -0.25) is 0 Å². The predicted octanol–water partition coefficient (Wildman–Crippen LogP) is 4.14. The van der Waals surface area contributed by atoms with Gasteiger partial charge in [-0.15, -0.1) is 0 Å². The van der Waals surface area contributed by atoms with Gasteiger partial charge in [-0.05, 0) is 52.9 Å². The molecule has 1 heterocycles. The normalized spacial score (nSPS) is 28.7. The van der Waals surface area contributed by atoms with E-state index in [0.29, 0.717) is 4.83 Å². The molecule has 1 saturated heterocycles. The molecule has 0 radical (unpaired) electrons. The Morgan fingerprint density at radius 1 is 1.21 bits per heavy atom. The molecule has 0 aliphatic carbocycles. The van der Waals surface area contributed by atoms with Crippen molar-refractivity contribution in [2.24, 2.45) is 5.92 Å². The molecule has 0 N–H and O–H groups in total. The topological polar surface area (TPSA) is 9.23 Å². The second-order valence-corrected chi connectivity index (χ2v) is 7.48. The summed E-state index contributed by atoms with van der Waals surface area (Å²) >= 11 is 3.64. The summed E-state index contributed by atoms with van der Waals surface area (Å²) in [7, 11) is 0. The standard InChI is InChI=1S/C12H23BrO/c1-9(13)6-10-7-11(2,3)14-12(4,5)8-10/h9-10H,6-8H2,1-5H3. The highest BCUT2D eigenvalue weighted by atomic mass is 79.9. The van der Waals surface area contributed by atoms with Crippen LogP contribution in [-0.2, 0) is 4.74 Å². The van der Waals surface area contributed by atoms with Gasteiger partial charge in [0, 0.05) is 4.83 Å². The van der Waals surface area contributed by atoms with Crippen molar-refractivity contribution < 1.29 is 4.74 Å². The first kappa shape index (κ1) is 12.5. The minimum Gasteiger partial charge on any atom is -0.370 e. The Bertz CT molecular complexity index is 180. The molecule has 1 rings (SSSR count). The molecule has 1 aliphatic heterocycles. The molecule has 14 heavy (non-hydrogen) atoms. The molecule has 1 fully saturated rings. The van der Waals surface area contributed by atoms with E-state index in [0.717, 1.165) is 5.92 Å². The highest BCUT2D eigenvalue weighted by molar-refractivity contribution is 9.09. The Hall–Kier alpha value is 0.440. The van der Waals surface area contributed by atoms with Crippen LogP contribution in [0.15, 0.2) is 0 Å². The quantitative estimate of drug-likeness (QED) is 0.680. The Kier molecular flexibility index (Phi) is 3.69. The van der Waals surface area contributed by atoms with Gasteiger partial charge < -0.3 is 4.74 Å². The summed E-state index contributed by atoms with van der Waals surface area (Å²) in [4.78, 5) is 0.622. The van der Waals surface area contributed by atoms with E-state index in [1.807, 2.05) is 0 Å². The van der Waals surface area contributed by atoms with Crippen molar-refractivity contribution in [3.63, 3.8) is 0 Å². The third-order valence-corrected chi connectivity index (χ3v) is 3.15. The van der Waals surface area contributed by atoms with E-state index >= 15 is 0 Å². The number of ether oxygens (including phenoxy) is 1. The summed E-state index contributed by atoms with van der Waals surface area (Å²) in [5, 5.41) is 0. The fourth-order valence-corrected chi connectivity index (χ4v) is 3.45. The second-order valence-electron chi connectivity index (χ2n) is 5.91. The highest BCUT2D eigenvalue weighted by Gasteiger charge is 2.39. The van der Waals surface area contributed by atoms with E-state index < -0.39 is 0 Å². The third-order valence-electron chi connectivity index (χ3n) is 2.77. The summed E-state index contributed by atoms with van der Waals surface area (Å²) in [6, 6.07) is 0. The maximum absolute atomic E-state index is 6.06. The molecular formula is C12H23BrO. The summed E-state index contributed by atoms with van der Waals surface area (Å²) < 4.78 is 6.06. The number of hydrogen-bond acceptors (Lipinski definition) is 1. The van der Waals surface area contributed by atoms with Crippen LogP contribution in [0, 0.1) is 5.92 Å². The summed E-state index contributed by atoms with van der Waals surface area (Å²) in [5.41, 5.74) is 0.0998. The molecule has 1 unspecified atom stereocenters. The molecule has 0 bridgehead atoms. The first-order valence-electron chi connectivity index (χ1n) is 5.54. The molecule has 1 aliphatic rings. The van der Waals surface area contributed by atoms with Crippen LogP contribution in [0.1, 0.15) is 53.9 Å². The van der Waals surface area contributed by atoms with Crippen LogP contribution in [0.2, 0.25) is 0 Å². The van der Waals surface area contributed by atoms with Crippen molar-refractivity contribution in [1.82, 2.24) is 0 Å². The molecule has 84 valence electrons. The molecule has 0 spiro atoms. The number of hydrogen-bond donors (Lipinski definition) is 0. The Balaban J connectivity index is 2.62. The lowest BCUT2D eigenvalue weighted by atomic mass is 9.79. The van der Waals surface area contributed by atoms with Gasteiger partial charge in [0.1, 0.15) is 0 Å². The van der Waals surface area contributed by atoms with Crippen LogP contribution in [0.5, 0.6) is 0 Å². The van der Waals surface area contributed by atoms with E-state index in [2.05, 4.69) is 50.5 Å². The maximum atomic E-state index is 6.06. The van der Waals surface area contributed by atoms with E-state index in [4.69, 9.17) is 4.74 Å². The predicted molar refractivity (Wildman–Crippen MR) is 65.0 cm³/mol. The molecule has 0 aromatic rings. The molecule has 1 atom stereocenters. The van der Waals surface area contributed by atoms with Gasteiger partial charge in [-0.2, -0.15) is 0 Å². The van der Waals surface area contributed by atoms with E-state index in [1.165, 1.54) is 19.3 Å². The second kappa shape index (κ2) is 4.13. The molecule has 2 heteroatoms. The highest BCUT2D eigenvalue weighted by Crippen LogP contribution is 2.40. The molecule has 0 aromatic heterocycles. The monoisotopic (exact) mass is 262 g/mol. The zero-order chi connectivity index (χ0) is 11.0. The lowest BCUT2D eigenvalue weighted by molar-refractivity contribution is -0.173. The van der Waals surface area contributed by atoms with Crippen molar-refractivity contribution in [2.45, 2.75) is 69.9 Å². The number of alkyl halides is 1. The van der Waals surface area contributed by atoms with Crippen molar-refractivity contribution in [2.75, 3.05) is 0 Å². The minimum absolute atomic E-state index is 0.0499. The zero-order valence-corrected chi connectivity index (χ0v) is 11.6. The lowest BCUT2D eigenvalue weighted by Gasteiger charge is -2.45. The van der Waals surface area contributed by atoms with Crippen LogP contribution in [0.3, 0.4) is 0 Å². The Labute approximate surface area is 96.7 Å². The summed E-state index contributed by atoms with van der Waals surface area (Å²) in [6.45, 7) is 11.1. The smallest absolute Gasteiger partial charge is 0.0636 e. The van der Waals surface area contributed by atoms with Crippen LogP contribution in [0.4, 0.5) is 0 Å². The molecule has 0 amide bonds. The van der Waals surface area contributed by atoms with E-state index in [-0.39, 0.29) is 11.2 Å². The van der Waals surface area contributed by atoms with Gasteiger partial charge in [0.2, 0.25) is 0 Å². The zero-order valence-electron chi connectivity index (χ0n) is 10.1. The van der Waals surface area contributed by atoms with Gasteiger partial charge in [0.15, 0.2) is 0 Å². The van der Waals surface area contributed by atoms with E-state index in [9.17, 15) is 0 Å². The van der Waals surface area contributed by atoms with Gasteiger partial charge in [0.05, 0.1) is 11.2 Å². The molecule has 0 saturated carbocycles. The van der Waals surface area contributed by atoms with Crippen molar-refractivity contribution >= 4 is 15.9 Å². The average molecular weight is 263 g/mol. The fourth-order valence-electron chi connectivity index (χ4n) is 2.92. The fraction of sp³-hybridized carbons (Fsp3) is 1.00. The number of rotatable bonds is 2. The first-order valence-corrected chi connectivity index (χ1v) is 6.46. The summed E-state index contributed by atoms with van der Waals surface area (Å²) in [5.74, 6) is 0.795. The largest absolute Gasteiger partial charge is 0.370 e. The molecular weight excluding hydrogens is 240 g/mol. The van der Waals surface area contributed by atoms with Gasteiger partial charge >= 0.3 is 0 Å². The van der Waals surface area contributed by atoms with Crippen LogP contribution < -0.4 is 0 Å². The molecule has 1 nitrogen and oxygen atoms in total. The average Bonchev–Trinajstić information content (AvgIpc) is 1.74. The summed E-state index contributed by atoms with van der Waals surface area (Å²) in [6.07, 6.45) is 3.63.